The number of halogens is 1. The van der Waals surface area contributed by atoms with Crippen molar-refractivity contribution in [2.45, 2.75) is 9.79 Å². The Bertz CT molecular complexity index is 5540. The number of benzene rings is 15. The van der Waals surface area contributed by atoms with E-state index in [0.717, 1.165) is 134 Å². The number of para-hydroxylation sites is 7. The zero-order chi connectivity index (χ0) is 65.5. The maximum atomic E-state index is 18.6. The summed E-state index contributed by atoms with van der Waals surface area (Å²) < 4.78 is 18.6. The molecule has 19 rings (SSSR count). The number of nitrogens with zero attached hydrogens (tertiary/aromatic N) is 5. The number of fused-ring (bicyclic) bond motifs is 8. The van der Waals surface area contributed by atoms with E-state index in [1.807, 2.05) is 36.0 Å². The Morgan fingerprint density at radius 1 is 0.253 bits per heavy atom. The molecule has 0 amide bonds. The highest BCUT2D eigenvalue weighted by Crippen LogP contribution is 2.53. The second-order valence-electron chi connectivity index (χ2n) is 25.7. The van der Waals surface area contributed by atoms with Gasteiger partial charge in [-0.15, -0.1) is 0 Å². The molecule has 0 fully saturated rings. The fourth-order valence-electron chi connectivity index (χ4n) is 15.8. The van der Waals surface area contributed by atoms with E-state index in [0.29, 0.717) is 5.69 Å². The van der Waals surface area contributed by atoms with Gasteiger partial charge in [0.15, 0.2) is 0 Å². The van der Waals surface area contributed by atoms with Crippen LogP contribution in [0, 0.1) is 5.82 Å². The highest BCUT2D eigenvalue weighted by molar-refractivity contribution is 8.00. The van der Waals surface area contributed by atoms with Gasteiger partial charge in [-0.3, -0.25) is 0 Å². The average Bonchev–Trinajstić information content (AvgIpc) is 0.687. The van der Waals surface area contributed by atoms with Gasteiger partial charge in [-0.2, -0.15) is 0 Å². The molecule has 0 bridgehead atoms. The standard InChI is InChI=1S/C90H60B2FN5S/c93-79-47-27-44-74(64-32-12-3-13-33-64)90(79)98-82-60-86-78(59-77(82)91-75-45-22-24-48-80(75)96(68-39-18-6-19-40-68)83-55-72(56-84(98)88(83)91)94(66-35-14-4-15-36-66)67-37-16-5-17-38-67)92-76-46-23-25-49-81(76)97(69-41-20-7-21-42-69)85-57-73(58-87(99-86)89(85)92)95(70-52-50-63(51-53-70)61-28-8-1-9-29-61)71-43-26-34-65(54-71)62-30-10-2-11-31-62/h1-60H. The van der Waals surface area contributed by atoms with Crippen LogP contribution in [0.5, 0.6) is 0 Å². The predicted octanol–water partition coefficient (Wildman–Crippen LogP) is 20.6. The van der Waals surface area contributed by atoms with Crippen LogP contribution in [0.4, 0.5) is 89.7 Å². The maximum Gasteiger partial charge on any atom is 0.252 e. The van der Waals surface area contributed by atoms with Gasteiger partial charge in [0.05, 0.1) is 11.4 Å². The number of rotatable bonds is 12. The SMILES string of the molecule is Fc1cccc(-c2ccccc2)c1N1c2cc3c(cc2B2c4ccccc4N(c4ccccc4)c4cc(N(c5ccccc5)c5ccccc5)cc1c42)B1c2ccccc2N(c2ccccc2)c2cc(N(c4ccc(-c5ccccc5)cc4)c4cccc(-c5ccccc5)c4)cc(c21)S3. The fraction of sp³-hybridized carbons (Fsp3) is 0. The van der Waals surface area contributed by atoms with Gasteiger partial charge in [-0.05, 0) is 176 Å². The van der Waals surface area contributed by atoms with Crippen LogP contribution in [0.15, 0.2) is 374 Å². The molecule has 4 heterocycles. The molecule has 464 valence electrons. The predicted molar refractivity (Wildman–Crippen MR) is 416 cm³/mol. The van der Waals surface area contributed by atoms with Crippen LogP contribution in [-0.2, 0) is 0 Å². The Balaban J connectivity index is 0.894. The highest BCUT2D eigenvalue weighted by atomic mass is 32.2. The van der Waals surface area contributed by atoms with Crippen molar-refractivity contribution in [2.75, 3.05) is 24.5 Å². The van der Waals surface area contributed by atoms with Gasteiger partial charge < -0.3 is 24.5 Å². The Labute approximate surface area is 581 Å². The first-order valence-electron chi connectivity index (χ1n) is 33.8. The molecule has 0 saturated carbocycles. The number of hydrogen-bond acceptors (Lipinski definition) is 6. The van der Waals surface area contributed by atoms with E-state index >= 15 is 4.39 Å². The topological polar surface area (TPSA) is 16.2 Å². The molecule has 0 saturated heterocycles. The minimum Gasteiger partial charge on any atom is -0.311 e. The summed E-state index contributed by atoms with van der Waals surface area (Å²) in [7, 11) is 0. The van der Waals surface area contributed by atoms with E-state index in [1.54, 1.807) is 6.07 Å². The summed E-state index contributed by atoms with van der Waals surface area (Å²) in [6, 6.07) is 131. The van der Waals surface area contributed by atoms with E-state index < -0.39 is 0 Å². The van der Waals surface area contributed by atoms with E-state index in [2.05, 4.69) is 358 Å². The zero-order valence-electron chi connectivity index (χ0n) is 53.8. The van der Waals surface area contributed by atoms with Gasteiger partial charge in [0.1, 0.15) is 5.82 Å². The summed E-state index contributed by atoms with van der Waals surface area (Å²) in [5, 5.41) is 0. The third kappa shape index (κ3) is 9.79. The second kappa shape index (κ2) is 24.1. The van der Waals surface area contributed by atoms with Crippen LogP contribution in [0.3, 0.4) is 0 Å². The zero-order valence-corrected chi connectivity index (χ0v) is 54.6. The molecular weight excluding hydrogens is 1220 g/mol. The summed E-state index contributed by atoms with van der Waals surface area (Å²) in [6.07, 6.45) is 0. The van der Waals surface area contributed by atoms with E-state index in [9.17, 15) is 0 Å². The normalized spacial score (nSPS) is 12.8. The van der Waals surface area contributed by atoms with Crippen molar-refractivity contribution >= 4 is 143 Å². The molecule has 15 aromatic rings. The summed E-state index contributed by atoms with van der Waals surface area (Å²) in [5.41, 5.74) is 28.1. The largest absolute Gasteiger partial charge is 0.311 e. The molecule has 0 N–H and O–H groups in total. The summed E-state index contributed by atoms with van der Waals surface area (Å²) in [5.74, 6) is -0.320. The molecule has 9 heteroatoms. The smallest absolute Gasteiger partial charge is 0.252 e. The van der Waals surface area contributed by atoms with Crippen molar-refractivity contribution in [3.05, 3.63) is 370 Å². The van der Waals surface area contributed by atoms with Gasteiger partial charge in [-0.1, -0.05) is 260 Å². The molecule has 4 aliphatic rings. The van der Waals surface area contributed by atoms with Crippen molar-refractivity contribution in [3.63, 3.8) is 0 Å². The summed E-state index contributed by atoms with van der Waals surface area (Å²) in [4.78, 5) is 14.3. The summed E-state index contributed by atoms with van der Waals surface area (Å²) in [6.45, 7) is -0.483. The lowest BCUT2D eigenvalue weighted by atomic mass is 9.31. The first-order chi connectivity index (χ1) is 49.1. The van der Waals surface area contributed by atoms with Crippen molar-refractivity contribution < 1.29 is 4.39 Å². The Hall–Kier alpha value is -12.3. The molecule has 99 heavy (non-hydrogen) atoms. The Morgan fingerprint density at radius 2 is 0.677 bits per heavy atom. The quantitative estimate of drug-likeness (QED) is 0.113. The lowest BCUT2D eigenvalue weighted by molar-refractivity contribution is 0.629. The molecule has 15 aromatic carbocycles. The van der Waals surface area contributed by atoms with Crippen LogP contribution in [-0.4, -0.2) is 13.4 Å². The van der Waals surface area contributed by atoms with E-state index in [-0.39, 0.29) is 19.2 Å². The van der Waals surface area contributed by atoms with Crippen LogP contribution in [0.2, 0.25) is 0 Å². The Morgan fingerprint density at radius 3 is 1.26 bits per heavy atom. The third-order valence-corrected chi connectivity index (χ3v) is 21.2. The van der Waals surface area contributed by atoms with Gasteiger partial charge >= 0.3 is 0 Å². The minimum absolute atomic E-state index is 0.197. The maximum absolute atomic E-state index is 18.6. The molecular formula is C90H60B2FN5S. The lowest BCUT2D eigenvalue weighted by Gasteiger charge is -2.46. The molecule has 0 unspecified atom stereocenters. The third-order valence-electron chi connectivity index (χ3n) is 20.1. The fourth-order valence-corrected chi connectivity index (χ4v) is 17.1. The van der Waals surface area contributed by atoms with Crippen molar-refractivity contribution in [1.29, 1.82) is 0 Å². The second-order valence-corrected chi connectivity index (χ2v) is 26.7. The van der Waals surface area contributed by atoms with Crippen molar-refractivity contribution in [1.82, 2.24) is 0 Å². The van der Waals surface area contributed by atoms with Crippen molar-refractivity contribution in [3.8, 4) is 33.4 Å². The average molecular weight is 1280 g/mol. The first-order valence-corrected chi connectivity index (χ1v) is 34.6. The van der Waals surface area contributed by atoms with E-state index in [4.69, 9.17) is 0 Å². The summed E-state index contributed by atoms with van der Waals surface area (Å²) >= 11 is 1.82. The molecule has 5 nitrogen and oxygen atoms in total. The van der Waals surface area contributed by atoms with Gasteiger partial charge in [0, 0.05) is 89.3 Å². The van der Waals surface area contributed by atoms with Crippen LogP contribution < -0.4 is 57.3 Å². The number of hydrogen-bond donors (Lipinski definition) is 0. The number of anilines is 15. The Kier molecular flexibility index (Phi) is 14.1. The minimum atomic E-state index is -0.320. The van der Waals surface area contributed by atoms with Crippen molar-refractivity contribution in [2.24, 2.45) is 0 Å². The van der Waals surface area contributed by atoms with Crippen LogP contribution in [0.1, 0.15) is 0 Å². The molecule has 0 spiro atoms. The molecule has 0 radical (unpaired) electrons. The van der Waals surface area contributed by atoms with E-state index in [1.165, 1.54) is 21.9 Å². The molecule has 0 aliphatic carbocycles. The van der Waals surface area contributed by atoms with Gasteiger partial charge in [-0.25, -0.2) is 4.39 Å². The lowest BCUT2D eigenvalue weighted by Crippen LogP contribution is -2.64. The molecule has 4 aliphatic heterocycles. The van der Waals surface area contributed by atoms with Crippen LogP contribution in [0.25, 0.3) is 33.4 Å². The highest BCUT2D eigenvalue weighted by Gasteiger charge is 2.48. The van der Waals surface area contributed by atoms with Crippen LogP contribution >= 0.6 is 11.8 Å². The molecule has 0 aromatic heterocycles. The first kappa shape index (κ1) is 58.1. The monoisotopic (exact) mass is 1280 g/mol. The van der Waals surface area contributed by atoms with Gasteiger partial charge in [0.2, 0.25) is 6.71 Å². The van der Waals surface area contributed by atoms with Gasteiger partial charge in [0.25, 0.3) is 6.71 Å². The molecule has 0 atom stereocenters.